The van der Waals surface area contributed by atoms with Gasteiger partial charge in [-0.25, -0.2) is 0 Å². The Bertz CT molecular complexity index is 218. The van der Waals surface area contributed by atoms with Gasteiger partial charge in [0.25, 0.3) is 0 Å². The van der Waals surface area contributed by atoms with Crippen LogP contribution in [0.15, 0.2) is 0 Å². The number of carbonyl (C=O) groups excluding carboxylic acids is 1. The molecular formula is C7H9NaO5S. The minimum atomic E-state index is -1.20. The average molecular weight is 228 g/mol. The molecule has 0 amide bonds. The summed E-state index contributed by atoms with van der Waals surface area (Å²) >= 11 is 4.62. The van der Waals surface area contributed by atoms with Gasteiger partial charge in [-0.1, -0.05) is 0 Å². The summed E-state index contributed by atoms with van der Waals surface area (Å²) in [5, 5.41) is 18.3. The summed E-state index contributed by atoms with van der Waals surface area (Å²) in [7, 11) is 0. The summed E-state index contributed by atoms with van der Waals surface area (Å²) in [6.45, 7) is -0.0266. The third-order valence-electron chi connectivity index (χ3n) is 1.11. The maximum absolute atomic E-state index is 10.0. The summed E-state index contributed by atoms with van der Waals surface area (Å²) in [6, 6.07) is 0. The Labute approximate surface area is 109 Å². The number of aliphatic carboxylic acids is 2. The summed E-state index contributed by atoms with van der Waals surface area (Å²) in [6.07, 6.45) is -0.269. The van der Waals surface area contributed by atoms with E-state index in [0.29, 0.717) is 0 Å². The molecule has 0 aliphatic rings. The summed E-state index contributed by atoms with van der Waals surface area (Å²) in [4.78, 5) is 20.0. The zero-order chi connectivity index (χ0) is 10.3. The van der Waals surface area contributed by atoms with Crippen molar-refractivity contribution in [2.75, 3.05) is 6.61 Å². The van der Waals surface area contributed by atoms with Gasteiger partial charge >= 0.3 is 35.5 Å². The molecular weight excluding hydrogens is 219 g/mol. The Balaban J connectivity index is 0. The summed E-state index contributed by atoms with van der Waals surface area (Å²) in [5.41, 5.74) is 0. The van der Waals surface area contributed by atoms with E-state index < -0.39 is 11.9 Å². The molecule has 14 heavy (non-hydrogen) atoms. The van der Waals surface area contributed by atoms with Crippen LogP contribution in [0.1, 0.15) is 19.3 Å². The monoisotopic (exact) mass is 228 g/mol. The van der Waals surface area contributed by atoms with Crippen LogP contribution in [0.2, 0.25) is 0 Å². The molecule has 0 aromatic heterocycles. The van der Waals surface area contributed by atoms with Crippen LogP contribution in [0.4, 0.5) is 0 Å². The topological polar surface area (TPSA) is 86.7 Å². The van der Waals surface area contributed by atoms with Crippen molar-refractivity contribution in [3.63, 3.8) is 0 Å². The van der Waals surface area contributed by atoms with Gasteiger partial charge < -0.3 is 19.7 Å². The molecule has 0 aliphatic carbocycles. The van der Waals surface area contributed by atoms with E-state index in [1.165, 1.54) is 0 Å². The summed E-state index contributed by atoms with van der Waals surface area (Å²) in [5.74, 6) is -2.19. The van der Waals surface area contributed by atoms with Gasteiger partial charge in [0.05, 0.1) is 13.0 Å². The van der Waals surface area contributed by atoms with Crippen LogP contribution in [0.3, 0.4) is 0 Å². The Morgan fingerprint density at radius 3 is 2.29 bits per heavy atom. The number of thiocarbonyl (C=S) groups is 1. The van der Waals surface area contributed by atoms with Gasteiger partial charge in [0, 0.05) is 12.4 Å². The maximum Gasteiger partial charge on any atom is 1.00 e. The number of carbonyl (C=O) groups is 2. The van der Waals surface area contributed by atoms with Crippen LogP contribution in [-0.2, 0) is 14.3 Å². The molecule has 0 atom stereocenters. The largest absolute Gasteiger partial charge is 1.00 e. The Morgan fingerprint density at radius 2 is 1.86 bits per heavy atom. The van der Waals surface area contributed by atoms with Gasteiger partial charge in [-0.3, -0.25) is 4.79 Å². The molecule has 0 saturated carbocycles. The van der Waals surface area contributed by atoms with Gasteiger partial charge in [0.15, 0.2) is 5.05 Å². The molecule has 74 valence electrons. The Hall–Kier alpha value is -0.170. The van der Waals surface area contributed by atoms with Crippen molar-refractivity contribution in [3.8, 4) is 0 Å². The molecule has 0 spiro atoms. The number of hydrogen-bond acceptors (Lipinski definition) is 5. The molecule has 0 aromatic rings. The smallest absolute Gasteiger partial charge is 0.550 e. The van der Waals surface area contributed by atoms with E-state index in [1.54, 1.807) is 0 Å². The minimum absolute atomic E-state index is 0. The third-order valence-corrected chi connectivity index (χ3v) is 1.43. The molecule has 0 fully saturated rings. The van der Waals surface area contributed by atoms with Crippen molar-refractivity contribution in [3.05, 3.63) is 0 Å². The Kier molecular flexibility index (Phi) is 10.9. The molecule has 5 nitrogen and oxygen atoms in total. The standard InChI is InChI=1S/C7H10O5S.Na/c8-5(9)1-2-7(13)12-4-3-6(10)11;/h1-4H2,(H,8,9)(H,10,11);/q;+1/p-1. The second-order valence-corrected chi connectivity index (χ2v) is 2.69. The van der Waals surface area contributed by atoms with Crippen molar-refractivity contribution >= 4 is 29.2 Å². The second-order valence-electron chi connectivity index (χ2n) is 2.24. The number of carboxylic acids is 2. The first kappa shape index (κ1) is 16.3. The van der Waals surface area contributed by atoms with E-state index in [0.717, 1.165) is 0 Å². The zero-order valence-electron chi connectivity index (χ0n) is 7.82. The molecule has 7 heteroatoms. The molecule has 0 radical (unpaired) electrons. The molecule has 1 N–H and O–H groups in total. The quantitative estimate of drug-likeness (QED) is 0.372. The minimum Gasteiger partial charge on any atom is -0.550 e. The van der Waals surface area contributed by atoms with Gasteiger partial charge in [-0.15, -0.1) is 0 Å². The van der Waals surface area contributed by atoms with Gasteiger partial charge in [-0.05, 0) is 18.6 Å². The van der Waals surface area contributed by atoms with Crippen LogP contribution in [0.5, 0.6) is 0 Å². The number of ether oxygens (including phenoxy) is 1. The van der Waals surface area contributed by atoms with E-state index in [2.05, 4.69) is 12.2 Å². The van der Waals surface area contributed by atoms with E-state index in [-0.39, 0.29) is 60.5 Å². The van der Waals surface area contributed by atoms with Gasteiger partial charge in [0.1, 0.15) is 0 Å². The van der Waals surface area contributed by atoms with Gasteiger partial charge in [-0.2, -0.15) is 0 Å². The number of carboxylic acid groups (broad SMARTS) is 2. The first-order valence-corrected chi connectivity index (χ1v) is 4.00. The summed E-state index contributed by atoms with van der Waals surface area (Å²) < 4.78 is 4.76. The van der Waals surface area contributed by atoms with Crippen LogP contribution < -0.4 is 34.7 Å². The average Bonchev–Trinajstić information content (AvgIpc) is 2.00. The number of hydrogen-bond donors (Lipinski definition) is 1. The van der Waals surface area contributed by atoms with Crippen LogP contribution in [-0.4, -0.2) is 28.7 Å². The van der Waals surface area contributed by atoms with Crippen molar-refractivity contribution in [1.29, 1.82) is 0 Å². The molecule has 0 aromatic carbocycles. The van der Waals surface area contributed by atoms with Crippen molar-refractivity contribution in [2.45, 2.75) is 19.3 Å². The van der Waals surface area contributed by atoms with Crippen LogP contribution in [0.25, 0.3) is 0 Å². The maximum atomic E-state index is 10.0. The predicted molar refractivity (Wildman–Crippen MR) is 45.0 cm³/mol. The fourth-order valence-corrected chi connectivity index (χ4v) is 0.714. The first-order chi connectivity index (χ1) is 6.02. The second kappa shape index (κ2) is 9.39. The third kappa shape index (κ3) is 11.8. The van der Waals surface area contributed by atoms with Crippen LogP contribution >= 0.6 is 12.2 Å². The number of rotatable bonds is 6. The van der Waals surface area contributed by atoms with E-state index >= 15 is 0 Å². The van der Waals surface area contributed by atoms with Crippen molar-refractivity contribution < 1.29 is 54.1 Å². The van der Waals surface area contributed by atoms with Gasteiger partial charge in [0.2, 0.25) is 0 Å². The zero-order valence-corrected chi connectivity index (χ0v) is 10.6. The van der Waals surface area contributed by atoms with Crippen LogP contribution in [0, 0.1) is 0 Å². The Morgan fingerprint density at radius 1 is 1.29 bits per heavy atom. The van der Waals surface area contributed by atoms with E-state index in [1.807, 2.05) is 0 Å². The molecule has 0 saturated heterocycles. The fourth-order valence-electron chi connectivity index (χ4n) is 0.528. The molecule has 0 unspecified atom stereocenters. The predicted octanol–water partition coefficient (Wildman–Crippen LogP) is -3.66. The molecule has 0 aliphatic heterocycles. The van der Waals surface area contributed by atoms with E-state index in [9.17, 15) is 14.7 Å². The normalized spacial score (nSPS) is 8.57. The first-order valence-electron chi connectivity index (χ1n) is 3.59. The molecule has 0 rings (SSSR count). The SMILES string of the molecule is O=C([O-])CCC(=S)OCCC(=O)O.[Na+]. The molecule has 0 bridgehead atoms. The van der Waals surface area contributed by atoms with Crippen molar-refractivity contribution in [1.82, 2.24) is 0 Å². The van der Waals surface area contributed by atoms with E-state index in [4.69, 9.17) is 9.84 Å². The fraction of sp³-hybridized carbons (Fsp3) is 0.571. The van der Waals surface area contributed by atoms with Crippen molar-refractivity contribution in [2.24, 2.45) is 0 Å². The molecule has 0 heterocycles.